The number of likely N-dealkylation sites (N-methyl/N-ethyl adjacent to an activating group) is 1. The number of quaternary nitrogens is 1. The van der Waals surface area contributed by atoms with Crippen LogP contribution >= 0.6 is 7.82 Å². The predicted molar refractivity (Wildman–Crippen MR) is 326 cm³/mol. The molecule has 444 valence electrons. The van der Waals surface area contributed by atoms with Crippen molar-refractivity contribution in [1.29, 1.82) is 0 Å². The average molecular weight is 1090 g/mol. The van der Waals surface area contributed by atoms with Crippen molar-refractivity contribution in [2.24, 2.45) is 0 Å². The number of phosphoric ester groups is 1. The van der Waals surface area contributed by atoms with E-state index in [-0.39, 0.29) is 32.0 Å². The van der Waals surface area contributed by atoms with Gasteiger partial charge in [-0.15, -0.1) is 0 Å². The van der Waals surface area contributed by atoms with E-state index in [4.69, 9.17) is 18.5 Å². The Balaban J connectivity index is 3.91. The number of carbonyl (C=O) groups excluding carboxylic acids is 2. The molecule has 0 saturated carbocycles. The zero-order chi connectivity index (χ0) is 55.6. The maximum Gasteiger partial charge on any atom is 0.472 e. The first kappa shape index (κ1) is 73.7. The monoisotopic (exact) mass is 1090 g/mol. The van der Waals surface area contributed by atoms with Crippen LogP contribution in [-0.4, -0.2) is 74.9 Å². The SMILES string of the molecule is CC/C=C\C/C=C\C/C=C\CCCCCCCC(=O)OC(COC(=O)CCCCCCCCCCCCCCCCCCCCCCCCCCC/C=C\C/C=C\CCCCCCC)COP(=O)(O)OCC[N+](C)(C)C. The highest BCUT2D eigenvalue weighted by atomic mass is 31.2. The molecule has 0 radical (unpaired) electrons. The second kappa shape index (κ2) is 57.4. The minimum atomic E-state index is -4.39. The minimum Gasteiger partial charge on any atom is -0.462 e. The van der Waals surface area contributed by atoms with E-state index in [0.717, 1.165) is 77.0 Å². The van der Waals surface area contributed by atoms with Crippen LogP contribution in [0.4, 0.5) is 0 Å². The Kier molecular flexibility index (Phi) is 55.7. The molecule has 0 fully saturated rings. The fraction of sp³-hybridized carbons (Fsp3) is 0.818. The molecule has 76 heavy (non-hydrogen) atoms. The molecule has 0 aromatic rings. The van der Waals surface area contributed by atoms with Crippen molar-refractivity contribution < 1.29 is 42.1 Å². The first-order valence-corrected chi connectivity index (χ1v) is 33.5. The van der Waals surface area contributed by atoms with Gasteiger partial charge in [0, 0.05) is 12.8 Å². The van der Waals surface area contributed by atoms with E-state index in [0.29, 0.717) is 17.4 Å². The standard InChI is InChI=1S/C66H122NO8P/c1-6-8-10-12-14-16-18-20-22-23-24-25-26-27-28-29-30-31-32-33-34-35-36-37-38-39-40-41-42-43-45-46-48-50-52-54-56-58-65(68)72-62-64(63-74-76(70,71)73-61-60-67(3,4)5)75-66(69)59-57-55-53-51-49-47-44-21-19-17-15-13-11-9-7-2/h9,11,15,17-18,20-21,23-24,44,64H,6-8,10,12-14,16,19,22,25-43,45-63H2,1-5H3/p+1/b11-9-,17-15-,20-18-,24-23-,44-21-. The van der Waals surface area contributed by atoms with Crippen molar-refractivity contribution in [3.8, 4) is 0 Å². The summed E-state index contributed by atoms with van der Waals surface area (Å²) in [6, 6.07) is 0. The number of carbonyl (C=O) groups is 2. The summed E-state index contributed by atoms with van der Waals surface area (Å²) in [7, 11) is 1.47. The van der Waals surface area contributed by atoms with Gasteiger partial charge in [-0.3, -0.25) is 18.6 Å². The van der Waals surface area contributed by atoms with E-state index >= 15 is 0 Å². The molecular weight excluding hydrogens is 966 g/mol. The van der Waals surface area contributed by atoms with Gasteiger partial charge in [0.1, 0.15) is 19.8 Å². The third-order valence-corrected chi connectivity index (χ3v) is 15.0. The smallest absolute Gasteiger partial charge is 0.462 e. The molecule has 0 bridgehead atoms. The van der Waals surface area contributed by atoms with Crippen LogP contribution in [0.2, 0.25) is 0 Å². The summed E-state index contributed by atoms with van der Waals surface area (Å²) in [5, 5.41) is 0. The first-order valence-electron chi connectivity index (χ1n) is 32.0. The number of rotatable bonds is 59. The number of esters is 2. The number of nitrogens with zero attached hydrogens (tertiary/aromatic N) is 1. The number of ether oxygens (including phenoxy) is 2. The third kappa shape index (κ3) is 60.9. The molecule has 9 nitrogen and oxygen atoms in total. The number of hydrogen-bond acceptors (Lipinski definition) is 7. The highest BCUT2D eigenvalue weighted by Crippen LogP contribution is 2.43. The van der Waals surface area contributed by atoms with Gasteiger partial charge in [0.15, 0.2) is 6.10 Å². The summed E-state index contributed by atoms with van der Waals surface area (Å²) in [5.41, 5.74) is 0. The van der Waals surface area contributed by atoms with Crippen LogP contribution in [-0.2, 0) is 32.7 Å². The molecule has 0 aliphatic rings. The molecule has 0 aliphatic heterocycles. The molecular formula is C66H123NO8P+. The van der Waals surface area contributed by atoms with Gasteiger partial charge in [-0.1, -0.05) is 267 Å². The first-order chi connectivity index (χ1) is 37.0. The van der Waals surface area contributed by atoms with Crippen LogP contribution in [0.15, 0.2) is 60.8 Å². The molecule has 1 N–H and O–H groups in total. The molecule has 0 heterocycles. The van der Waals surface area contributed by atoms with Crippen LogP contribution in [0.3, 0.4) is 0 Å². The minimum absolute atomic E-state index is 0.0278. The summed E-state index contributed by atoms with van der Waals surface area (Å²) in [6.07, 6.45) is 74.8. The molecule has 0 saturated heterocycles. The summed E-state index contributed by atoms with van der Waals surface area (Å²) in [5.74, 6) is -0.808. The summed E-state index contributed by atoms with van der Waals surface area (Å²) < 4.78 is 34.5. The molecule has 0 aromatic heterocycles. The van der Waals surface area contributed by atoms with E-state index in [1.807, 2.05) is 21.1 Å². The lowest BCUT2D eigenvalue weighted by Crippen LogP contribution is -2.37. The highest BCUT2D eigenvalue weighted by molar-refractivity contribution is 7.47. The fourth-order valence-corrected chi connectivity index (χ4v) is 9.86. The van der Waals surface area contributed by atoms with Gasteiger partial charge < -0.3 is 18.9 Å². The Labute approximate surface area is 470 Å². The maximum absolute atomic E-state index is 12.8. The number of phosphoric acid groups is 1. The third-order valence-electron chi connectivity index (χ3n) is 14.0. The van der Waals surface area contributed by atoms with Crippen molar-refractivity contribution in [3.05, 3.63) is 60.8 Å². The zero-order valence-corrected chi connectivity index (χ0v) is 51.4. The predicted octanol–water partition coefficient (Wildman–Crippen LogP) is 20.3. The number of unbranched alkanes of at least 4 members (excludes halogenated alkanes) is 35. The molecule has 0 amide bonds. The van der Waals surface area contributed by atoms with Crippen molar-refractivity contribution in [1.82, 2.24) is 0 Å². The van der Waals surface area contributed by atoms with Crippen molar-refractivity contribution in [3.63, 3.8) is 0 Å². The van der Waals surface area contributed by atoms with Gasteiger partial charge in [0.05, 0.1) is 27.7 Å². The topological polar surface area (TPSA) is 108 Å². The lowest BCUT2D eigenvalue weighted by molar-refractivity contribution is -0.870. The zero-order valence-electron chi connectivity index (χ0n) is 50.5. The van der Waals surface area contributed by atoms with Crippen LogP contribution in [0.5, 0.6) is 0 Å². The Bertz CT molecular complexity index is 1470. The van der Waals surface area contributed by atoms with Gasteiger partial charge >= 0.3 is 19.8 Å². The van der Waals surface area contributed by atoms with E-state index in [1.165, 1.54) is 186 Å². The van der Waals surface area contributed by atoms with Gasteiger partial charge in [-0.25, -0.2) is 4.57 Å². The second-order valence-corrected chi connectivity index (χ2v) is 24.2. The van der Waals surface area contributed by atoms with Crippen LogP contribution in [0.1, 0.15) is 296 Å². The number of hydrogen-bond donors (Lipinski definition) is 1. The molecule has 2 unspecified atom stereocenters. The highest BCUT2D eigenvalue weighted by Gasteiger charge is 2.27. The van der Waals surface area contributed by atoms with Crippen LogP contribution in [0, 0.1) is 0 Å². The lowest BCUT2D eigenvalue weighted by Gasteiger charge is -2.24. The largest absolute Gasteiger partial charge is 0.472 e. The van der Waals surface area contributed by atoms with Gasteiger partial charge in [0.2, 0.25) is 0 Å². The molecule has 0 spiro atoms. The Hall–Kier alpha value is -2.29. The van der Waals surface area contributed by atoms with Crippen molar-refractivity contribution >= 4 is 19.8 Å². The van der Waals surface area contributed by atoms with Gasteiger partial charge in [-0.05, 0) is 77.0 Å². The van der Waals surface area contributed by atoms with Crippen LogP contribution < -0.4 is 0 Å². The fourth-order valence-electron chi connectivity index (χ4n) is 9.12. The molecule has 0 aromatic carbocycles. The van der Waals surface area contributed by atoms with Gasteiger partial charge in [0.25, 0.3) is 0 Å². The van der Waals surface area contributed by atoms with E-state index in [9.17, 15) is 19.0 Å². The molecule has 0 rings (SSSR count). The van der Waals surface area contributed by atoms with E-state index in [2.05, 4.69) is 74.6 Å². The van der Waals surface area contributed by atoms with Crippen molar-refractivity contribution in [2.75, 3.05) is 47.5 Å². The second-order valence-electron chi connectivity index (χ2n) is 22.8. The maximum atomic E-state index is 12.8. The lowest BCUT2D eigenvalue weighted by atomic mass is 10.0. The molecule has 0 aliphatic carbocycles. The summed E-state index contributed by atoms with van der Waals surface area (Å²) in [4.78, 5) is 35.7. The summed E-state index contributed by atoms with van der Waals surface area (Å²) in [6.45, 7) is 4.32. The van der Waals surface area contributed by atoms with E-state index in [1.54, 1.807) is 0 Å². The molecule has 10 heteroatoms. The summed E-state index contributed by atoms with van der Waals surface area (Å²) >= 11 is 0. The van der Waals surface area contributed by atoms with E-state index < -0.39 is 26.5 Å². The average Bonchev–Trinajstić information content (AvgIpc) is 3.38. The Morgan fingerprint density at radius 2 is 0.750 bits per heavy atom. The van der Waals surface area contributed by atoms with Gasteiger partial charge in [-0.2, -0.15) is 0 Å². The normalized spacial score (nSPS) is 13.6. The molecule has 2 atom stereocenters. The van der Waals surface area contributed by atoms with Crippen molar-refractivity contribution in [2.45, 2.75) is 302 Å². The quantitative estimate of drug-likeness (QED) is 0.0211. The number of allylic oxidation sites excluding steroid dienone is 10. The Morgan fingerprint density at radius 1 is 0.421 bits per heavy atom. The Morgan fingerprint density at radius 3 is 1.12 bits per heavy atom. The van der Waals surface area contributed by atoms with Crippen LogP contribution in [0.25, 0.3) is 0 Å².